The summed E-state index contributed by atoms with van der Waals surface area (Å²) in [6.45, 7) is 11.7. The van der Waals surface area contributed by atoms with Gasteiger partial charge >= 0.3 is 5.97 Å². The van der Waals surface area contributed by atoms with Gasteiger partial charge in [0.25, 0.3) is 0 Å². The summed E-state index contributed by atoms with van der Waals surface area (Å²) in [7, 11) is 0. The molecule has 7 heteroatoms. The number of unbranched alkanes of at least 4 members (excludes halogenated alkanes) is 1. The van der Waals surface area contributed by atoms with Gasteiger partial charge in [-0.1, -0.05) is 114 Å². The number of aryl methyl sites for hydroxylation is 1. The number of pyridine rings is 1. The number of thioether (sulfide) groups is 1. The molecule has 0 aliphatic heterocycles. The van der Waals surface area contributed by atoms with E-state index in [-0.39, 0.29) is 23.7 Å². The zero-order valence-electron chi connectivity index (χ0n) is 30.5. The molecular formula is C44H50N4O2S. The minimum atomic E-state index is -0.302. The van der Waals surface area contributed by atoms with E-state index in [2.05, 4.69) is 98.2 Å². The Morgan fingerprint density at radius 3 is 2.33 bits per heavy atom. The Hall–Kier alpha value is -4.20. The minimum Gasteiger partial charge on any atom is -0.461 e. The lowest BCUT2D eigenvalue weighted by Gasteiger charge is -2.17. The number of imidazole rings is 1. The van der Waals surface area contributed by atoms with Crippen LogP contribution in [0.5, 0.6) is 0 Å². The number of nitrogens with one attached hydrogen (secondary N) is 1. The van der Waals surface area contributed by atoms with Crippen LogP contribution in [0.4, 0.5) is 0 Å². The number of esters is 1. The fourth-order valence-corrected chi connectivity index (χ4v) is 7.92. The summed E-state index contributed by atoms with van der Waals surface area (Å²) in [5.74, 6) is 1.66. The first-order valence-electron chi connectivity index (χ1n) is 18.7. The number of ether oxygens (including phenoxy) is 1. The van der Waals surface area contributed by atoms with Crippen molar-refractivity contribution in [3.05, 3.63) is 113 Å². The molecule has 1 fully saturated rings. The summed E-state index contributed by atoms with van der Waals surface area (Å²) in [4.78, 5) is 24.8. The molecule has 0 amide bonds. The molecule has 51 heavy (non-hydrogen) atoms. The van der Waals surface area contributed by atoms with Gasteiger partial charge in [-0.3, -0.25) is 4.79 Å². The summed E-state index contributed by atoms with van der Waals surface area (Å²) in [6, 6.07) is 29.9. The summed E-state index contributed by atoms with van der Waals surface area (Å²) < 4.78 is 8.34. The molecule has 0 spiro atoms. The average molecular weight is 699 g/mol. The van der Waals surface area contributed by atoms with Crippen LogP contribution in [0.1, 0.15) is 88.0 Å². The molecule has 2 aromatic heterocycles. The van der Waals surface area contributed by atoms with Crippen LogP contribution < -0.4 is 5.32 Å². The predicted molar refractivity (Wildman–Crippen MR) is 211 cm³/mol. The third kappa shape index (κ3) is 8.65. The van der Waals surface area contributed by atoms with Crippen LogP contribution in [0, 0.1) is 5.92 Å². The van der Waals surface area contributed by atoms with E-state index in [1.165, 1.54) is 46.1 Å². The predicted octanol–water partition coefficient (Wildman–Crippen LogP) is 10.2. The summed E-state index contributed by atoms with van der Waals surface area (Å²) in [6.07, 6.45) is 7.09. The highest BCUT2D eigenvalue weighted by Gasteiger charge is 2.22. The number of hydrogen-bond donors (Lipinski definition) is 1. The molecule has 1 saturated carbocycles. The Morgan fingerprint density at radius 2 is 1.61 bits per heavy atom. The van der Waals surface area contributed by atoms with Crippen LogP contribution in [-0.2, 0) is 42.1 Å². The monoisotopic (exact) mass is 698 g/mol. The van der Waals surface area contributed by atoms with Gasteiger partial charge in [0.1, 0.15) is 17.9 Å². The van der Waals surface area contributed by atoms with E-state index in [9.17, 15) is 4.79 Å². The molecular weight excluding hydrogens is 649 g/mol. The van der Waals surface area contributed by atoms with Crippen molar-refractivity contribution >= 4 is 50.4 Å². The molecule has 6 nitrogen and oxygen atoms in total. The molecule has 0 unspecified atom stereocenters. The summed E-state index contributed by atoms with van der Waals surface area (Å²) in [5.41, 5.74) is 6.93. The van der Waals surface area contributed by atoms with Gasteiger partial charge in [0.2, 0.25) is 0 Å². The average Bonchev–Trinajstić information content (AvgIpc) is 3.88. The van der Waals surface area contributed by atoms with Crippen molar-refractivity contribution in [3.8, 4) is 0 Å². The fraction of sp³-hybridized carbons (Fsp3) is 0.386. The summed E-state index contributed by atoms with van der Waals surface area (Å²) in [5, 5.41) is 7.32. The van der Waals surface area contributed by atoms with Gasteiger partial charge in [-0.2, -0.15) is 0 Å². The molecule has 0 bridgehead atoms. The second-order valence-corrected chi connectivity index (χ2v) is 16.9. The molecule has 4 aromatic carbocycles. The summed E-state index contributed by atoms with van der Waals surface area (Å²) >= 11 is 1.83. The quantitative estimate of drug-likeness (QED) is 0.0654. The number of nitrogens with zero attached hydrogens (tertiary/aromatic N) is 3. The number of carbonyl (C=O) groups excluding carboxylic acids is 1. The van der Waals surface area contributed by atoms with Gasteiger partial charge in [0.15, 0.2) is 0 Å². The van der Waals surface area contributed by atoms with E-state index in [1.807, 2.05) is 36.0 Å². The molecule has 0 atom stereocenters. The van der Waals surface area contributed by atoms with E-state index in [0.29, 0.717) is 12.2 Å². The molecule has 0 saturated heterocycles. The van der Waals surface area contributed by atoms with Crippen LogP contribution in [0.2, 0.25) is 0 Å². The van der Waals surface area contributed by atoms with Crippen LogP contribution in [-0.4, -0.2) is 31.8 Å². The Balaban J connectivity index is 1.19. The number of benzene rings is 4. The lowest BCUT2D eigenvalue weighted by atomic mass is 9.99. The van der Waals surface area contributed by atoms with E-state index < -0.39 is 0 Å². The zero-order valence-corrected chi connectivity index (χ0v) is 31.3. The fourth-order valence-electron chi connectivity index (χ4n) is 6.94. The van der Waals surface area contributed by atoms with Crippen LogP contribution in [0.3, 0.4) is 0 Å². The van der Waals surface area contributed by atoms with Crippen molar-refractivity contribution in [2.75, 3.05) is 6.54 Å². The molecule has 1 aliphatic carbocycles. The normalized spacial score (nSPS) is 13.4. The van der Waals surface area contributed by atoms with Crippen molar-refractivity contribution in [2.24, 2.45) is 5.92 Å². The van der Waals surface area contributed by atoms with Gasteiger partial charge < -0.3 is 14.6 Å². The Bertz CT molecular complexity index is 2140. The molecule has 6 aromatic rings. The maximum atomic E-state index is 13.4. The number of fused-ring (bicyclic) bond motifs is 4. The Labute approximate surface area is 306 Å². The SMILES string of the molecule is CCCCc1nc2c(CC(=O)OCc3ccc(SC(C)(C)C)cc3)nc3ccccc3c2n1Cc1ccc(CNCCC2CC2)c2ccccc12. The van der Waals surface area contributed by atoms with Crippen molar-refractivity contribution < 1.29 is 9.53 Å². The molecule has 264 valence electrons. The van der Waals surface area contributed by atoms with Crippen LogP contribution in [0.15, 0.2) is 89.8 Å². The molecule has 1 aliphatic rings. The van der Waals surface area contributed by atoms with Crippen molar-refractivity contribution in [3.63, 3.8) is 0 Å². The van der Waals surface area contributed by atoms with E-state index >= 15 is 0 Å². The third-order valence-electron chi connectivity index (χ3n) is 9.72. The Morgan fingerprint density at radius 1 is 0.902 bits per heavy atom. The number of aromatic nitrogens is 3. The Kier molecular flexibility index (Phi) is 10.8. The second-order valence-electron chi connectivity index (χ2n) is 15.0. The first kappa shape index (κ1) is 35.2. The molecule has 2 heterocycles. The van der Waals surface area contributed by atoms with E-state index in [0.717, 1.165) is 71.6 Å². The van der Waals surface area contributed by atoms with E-state index in [4.69, 9.17) is 14.7 Å². The molecule has 0 radical (unpaired) electrons. The maximum Gasteiger partial charge on any atom is 0.312 e. The van der Waals surface area contributed by atoms with Gasteiger partial charge in [-0.15, -0.1) is 11.8 Å². The lowest BCUT2D eigenvalue weighted by Crippen LogP contribution is -2.15. The highest BCUT2D eigenvalue weighted by Crippen LogP contribution is 2.34. The zero-order chi connectivity index (χ0) is 35.4. The van der Waals surface area contributed by atoms with Crippen molar-refractivity contribution in [2.45, 2.75) is 102 Å². The molecule has 7 rings (SSSR count). The van der Waals surface area contributed by atoms with Gasteiger partial charge in [-0.25, -0.2) is 9.97 Å². The highest BCUT2D eigenvalue weighted by atomic mass is 32.2. The first-order chi connectivity index (χ1) is 24.8. The topological polar surface area (TPSA) is 69.0 Å². The van der Waals surface area contributed by atoms with Crippen LogP contribution in [0.25, 0.3) is 32.7 Å². The van der Waals surface area contributed by atoms with Gasteiger partial charge in [0.05, 0.1) is 23.1 Å². The van der Waals surface area contributed by atoms with E-state index in [1.54, 1.807) is 0 Å². The third-order valence-corrected chi connectivity index (χ3v) is 10.8. The van der Waals surface area contributed by atoms with Crippen molar-refractivity contribution in [1.29, 1.82) is 0 Å². The number of hydrogen-bond acceptors (Lipinski definition) is 6. The second kappa shape index (κ2) is 15.6. The van der Waals surface area contributed by atoms with Gasteiger partial charge in [-0.05, 0) is 71.0 Å². The maximum absolute atomic E-state index is 13.4. The van der Waals surface area contributed by atoms with Crippen molar-refractivity contribution in [1.82, 2.24) is 19.9 Å². The van der Waals surface area contributed by atoms with Gasteiger partial charge in [0, 0.05) is 34.5 Å². The van der Waals surface area contributed by atoms with Crippen LogP contribution >= 0.6 is 11.8 Å². The number of rotatable bonds is 15. The smallest absolute Gasteiger partial charge is 0.312 e. The lowest BCUT2D eigenvalue weighted by molar-refractivity contribution is -0.144. The standard InChI is InChI=1S/C44H50N4O2S/c1-5-6-15-40-47-42-39(26-41(49)50-29-31-18-22-34(23-19-31)51-44(2,3)4)46-38-14-10-9-13-37(38)43(42)48(40)28-33-21-20-32(27-45-25-24-30-16-17-30)35-11-7-8-12-36(33)35/h7-14,18-23,30,45H,5-6,15-17,24-29H2,1-4H3. The number of para-hydroxylation sites is 1. The highest BCUT2D eigenvalue weighted by molar-refractivity contribution is 8.00. The minimum absolute atomic E-state index is 0.0644. The molecule has 1 N–H and O–H groups in total. The largest absolute Gasteiger partial charge is 0.461 e. The number of carbonyl (C=O) groups is 1. The first-order valence-corrected chi connectivity index (χ1v) is 19.5.